The summed E-state index contributed by atoms with van der Waals surface area (Å²) in [4.78, 5) is 21.8. The van der Waals surface area contributed by atoms with E-state index in [1.807, 2.05) is 13.8 Å². The molecule has 0 bridgehead atoms. The molecule has 0 aliphatic carbocycles. The first kappa shape index (κ1) is 12.4. The lowest BCUT2D eigenvalue weighted by Crippen LogP contribution is -2.25. The second kappa shape index (κ2) is 5.97. The Morgan fingerprint density at radius 3 is 2.23 bits per heavy atom. The minimum Gasteiger partial charge on any atom is -0.463 e. The summed E-state index contributed by atoms with van der Waals surface area (Å²) in [5.41, 5.74) is 0. The van der Waals surface area contributed by atoms with Crippen LogP contribution >= 0.6 is 11.6 Å². The Morgan fingerprint density at radius 2 is 1.85 bits per heavy atom. The van der Waals surface area contributed by atoms with E-state index in [9.17, 15) is 9.59 Å². The van der Waals surface area contributed by atoms with Crippen molar-refractivity contribution >= 4 is 23.4 Å². The largest absolute Gasteiger partial charge is 0.463 e. The molecule has 13 heavy (non-hydrogen) atoms. The number of halogens is 1. The number of ketones is 1. The molecule has 0 aromatic carbocycles. The van der Waals surface area contributed by atoms with E-state index in [0.717, 1.165) is 6.42 Å². The topological polar surface area (TPSA) is 43.4 Å². The number of ether oxygens (including phenoxy) is 1. The van der Waals surface area contributed by atoms with Crippen LogP contribution in [0.2, 0.25) is 0 Å². The molecule has 0 saturated carbocycles. The van der Waals surface area contributed by atoms with Crippen molar-refractivity contribution in [3.05, 3.63) is 0 Å². The maximum atomic E-state index is 11.1. The highest BCUT2D eigenvalue weighted by atomic mass is 35.5. The lowest BCUT2D eigenvalue weighted by molar-refractivity contribution is -0.151. The Kier molecular flexibility index (Phi) is 5.71. The highest BCUT2D eigenvalue weighted by Gasteiger charge is 2.23. The predicted octanol–water partition coefficient (Wildman–Crippen LogP) is 1.77. The van der Waals surface area contributed by atoms with E-state index in [1.165, 1.54) is 7.11 Å². The molecule has 0 aromatic rings. The van der Waals surface area contributed by atoms with Gasteiger partial charge in [-0.15, -0.1) is 11.6 Å². The van der Waals surface area contributed by atoms with Gasteiger partial charge in [0.2, 0.25) is 0 Å². The van der Waals surface area contributed by atoms with Crippen molar-refractivity contribution in [3.8, 4) is 0 Å². The monoisotopic (exact) mass is 206 g/mol. The summed E-state index contributed by atoms with van der Waals surface area (Å²) in [5, 5.41) is -0.741. The molecule has 1 atom stereocenters. The van der Waals surface area contributed by atoms with Crippen molar-refractivity contribution in [2.75, 3.05) is 7.11 Å². The van der Waals surface area contributed by atoms with E-state index in [4.69, 9.17) is 11.6 Å². The third kappa shape index (κ3) is 4.88. The zero-order valence-electron chi connectivity index (χ0n) is 8.17. The Labute approximate surface area is 83.4 Å². The molecule has 0 aliphatic heterocycles. The molecule has 0 radical (unpaired) electrons. The fourth-order valence-electron chi connectivity index (χ4n) is 0.839. The lowest BCUT2D eigenvalue weighted by Gasteiger charge is -2.08. The summed E-state index contributed by atoms with van der Waals surface area (Å²) in [6.45, 7) is 4.07. The molecular weight excluding hydrogens is 192 g/mol. The van der Waals surface area contributed by atoms with Crippen LogP contribution in [-0.4, -0.2) is 24.2 Å². The van der Waals surface area contributed by atoms with Crippen LogP contribution < -0.4 is 0 Å². The van der Waals surface area contributed by atoms with Crippen LogP contribution in [0, 0.1) is 5.92 Å². The normalized spacial score (nSPS) is 12.7. The van der Waals surface area contributed by atoms with Crippen LogP contribution in [0.25, 0.3) is 0 Å². The molecule has 1 unspecified atom stereocenters. The van der Waals surface area contributed by atoms with E-state index < -0.39 is 17.1 Å². The van der Waals surface area contributed by atoms with Crippen LogP contribution in [0.3, 0.4) is 0 Å². The second-order valence-corrected chi connectivity index (χ2v) is 3.82. The van der Waals surface area contributed by atoms with Crippen molar-refractivity contribution in [1.82, 2.24) is 0 Å². The standard InChI is InChI=1S/C9H15ClO3/c1-6(2)4-5-7(10)8(11)9(12)13-3/h6-7H,4-5H2,1-3H3. The first-order chi connectivity index (χ1) is 5.99. The number of hydrogen-bond donors (Lipinski definition) is 0. The summed E-state index contributed by atoms with van der Waals surface area (Å²) in [7, 11) is 1.17. The van der Waals surface area contributed by atoms with Gasteiger partial charge in [-0.1, -0.05) is 13.8 Å². The highest BCUT2D eigenvalue weighted by molar-refractivity contribution is 6.47. The molecule has 0 spiro atoms. The van der Waals surface area contributed by atoms with Crippen molar-refractivity contribution in [3.63, 3.8) is 0 Å². The molecule has 76 valence electrons. The number of carbonyl (C=O) groups excluding carboxylic acids is 2. The minimum absolute atomic E-state index is 0.478. The fraction of sp³-hybridized carbons (Fsp3) is 0.778. The molecule has 0 saturated heterocycles. The van der Waals surface area contributed by atoms with Gasteiger partial charge in [0.05, 0.1) is 7.11 Å². The van der Waals surface area contributed by atoms with Gasteiger partial charge in [0.15, 0.2) is 0 Å². The van der Waals surface area contributed by atoms with E-state index in [0.29, 0.717) is 12.3 Å². The van der Waals surface area contributed by atoms with Crippen LogP contribution in [0.5, 0.6) is 0 Å². The summed E-state index contributed by atoms with van der Waals surface area (Å²) >= 11 is 5.70. The van der Waals surface area contributed by atoms with Crippen LogP contribution in [0.4, 0.5) is 0 Å². The van der Waals surface area contributed by atoms with E-state index in [1.54, 1.807) is 0 Å². The average molecular weight is 207 g/mol. The van der Waals surface area contributed by atoms with E-state index >= 15 is 0 Å². The van der Waals surface area contributed by atoms with Crippen LogP contribution in [0.1, 0.15) is 26.7 Å². The van der Waals surface area contributed by atoms with Gasteiger partial charge in [-0.25, -0.2) is 4.79 Å². The first-order valence-corrected chi connectivity index (χ1v) is 4.69. The number of rotatable bonds is 5. The SMILES string of the molecule is COC(=O)C(=O)C(Cl)CCC(C)C. The molecule has 0 aromatic heterocycles. The molecule has 0 heterocycles. The van der Waals surface area contributed by atoms with Gasteiger partial charge < -0.3 is 4.74 Å². The number of alkyl halides is 1. The molecular formula is C9H15ClO3. The fourth-order valence-corrected chi connectivity index (χ4v) is 1.05. The molecule has 3 nitrogen and oxygen atoms in total. The number of esters is 1. The molecule has 0 fully saturated rings. The van der Waals surface area contributed by atoms with Gasteiger partial charge in [0.25, 0.3) is 5.78 Å². The number of Topliss-reactive ketones (excluding diaryl/α,β-unsaturated/α-hetero) is 1. The van der Waals surface area contributed by atoms with Gasteiger partial charge in [-0.3, -0.25) is 4.79 Å². The second-order valence-electron chi connectivity index (χ2n) is 3.29. The number of methoxy groups -OCH3 is 1. The van der Waals surface area contributed by atoms with Gasteiger partial charge >= 0.3 is 5.97 Å². The Hall–Kier alpha value is -0.570. The average Bonchev–Trinajstić information content (AvgIpc) is 2.11. The number of hydrogen-bond acceptors (Lipinski definition) is 3. The van der Waals surface area contributed by atoms with Gasteiger partial charge in [0.1, 0.15) is 5.38 Å². The molecule has 0 rings (SSSR count). The Bertz CT molecular complexity index is 189. The zero-order valence-corrected chi connectivity index (χ0v) is 8.93. The van der Waals surface area contributed by atoms with Crippen molar-refractivity contribution in [2.45, 2.75) is 32.1 Å². The summed E-state index contributed by atoms with van der Waals surface area (Å²) in [5.74, 6) is -1.03. The van der Waals surface area contributed by atoms with Crippen LogP contribution in [0.15, 0.2) is 0 Å². The van der Waals surface area contributed by atoms with Gasteiger partial charge in [-0.05, 0) is 18.8 Å². The van der Waals surface area contributed by atoms with E-state index in [-0.39, 0.29) is 0 Å². The summed E-state index contributed by atoms with van der Waals surface area (Å²) < 4.78 is 4.27. The molecule has 0 N–H and O–H groups in total. The van der Waals surface area contributed by atoms with Crippen molar-refractivity contribution in [1.29, 1.82) is 0 Å². The molecule has 0 amide bonds. The Balaban J connectivity index is 3.89. The van der Waals surface area contributed by atoms with Crippen molar-refractivity contribution < 1.29 is 14.3 Å². The van der Waals surface area contributed by atoms with Crippen molar-refractivity contribution in [2.24, 2.45) is 5.92 Å². The zero-order chi connectivity index (χ0) is 10.4. The smallest absolute Gasteiger partial charge is 0.375 e. The molecule has 4 heteroatoms. The third-order valence-corrected chi connectivity index (χ3v) is 2.08. The van der Waals surface area contributed by atoms with Gasteiger partial charge in [-0.2, -0.15) is 0 Å². The first-order valence-electron chi connectivity index (χ1n) is 4.25. The summed E-state index contributed by atoms with van der Waals surface area (Å²) in [6, 6.07) is 0. The predicted molar refractivity (Wildman–Crippen MR) is 50.7 cm³/mol. The van der Waals surface area contributed by atoms with Crippen LogP contribution in [-0.2, 0) is 14.3 Å². The van der Waals surface area contributed by atoms with Gasteiger partial charge in [0, 0.05) is 0 Å². The maximum Gasteiger partial charge on any atom is 0.375 e. The summed E-state index contributed by atoms with van der Waals surface area (Å²) in [6.07, 6.45) is 1.35. The van der Waals surface area contributed by atoms with E-state index in [2.05, 4.69) is 4.74 Å². The Morgan fingerprint density at radius 1 is 1.31 bits per heavy atom. The molecule has 0 aliphatic rings. The quantitative estimate of drug-likeness (QED) is 0.391. The highest BCUT2D eigenvalue weighted by Crippen LogP contribution is 2.12. The third-order valence-electron chi connectivity index (χ3n) is 1.67. The lowest BCUT2D eigenvalue weighted by atomic mass is 10.0. The minimum atomic E-state index is -0.858. The maximum absolute atomic E-state index is 11.1. The number of carbonyl (C=O) groups is 2.